The number of amides is 1. The molecule has 2 N–H and O–H groups in total. The minimum absolute atomic E-state index is 0.0109. The van der Waals surface area contributed by atoms with Crippen molar-refractivity contribution >= 4 is 23.1 Å². The average molecular weight is 370 g/mol. The minimum atomic E-state index is -0.740. The van der Waals surface area contributed by atoms with Crippen LogP contribution in [0.4, 0.5) is 17.2 Å². The van der Waals surface area contributed by atoms with Crippen molar-refractivity contribution in [2.75, 3.05) is 5.43 Å². The number of benzene rings is 1. The van der Waals surface area contributed by atoms with Gasteiger partial charge in [0.1, 0.15) is 12.7 Å². The quantitative estimate of drug-likeness (QED) is 0.478. The van der Waals surface area contributed by atoms with Crippen molar-refractivity contribution in [1.29, 1.82) is 0 Å². The van der Waals surface area contributed by atoms with E-state index >= 15 is 0 Å². The van der Waals surface area contributed by atoms with E-state index in [1.807, 2.05) is 0 Å². The maximum Gasteiger partial charge on any atom is 0.355 e. The van der Waals surface area contributed by atoms with Crippen LogP contribution in [0.2, 0.25) is 0 Å². The zero-order valence-corrected chi connectivity index (χ0v) is 13.3. The largest absolute Gasteiger partial charge is 0.355 e. The number of imidazole rings is 1. The van der Waals surface area contributed by atoms with Crippen LogP contribution >= 0.6 is 0 Å². The number of hydrogen-bond acceptors (Lipinski definition) is 9. The van der Waals surface area contributed by atoms with Crippen LogP contribution in [0.5, 0.6) is 0 Å². The standard InChI is InChI=1S/C14H10N8O5/c23-14(9-2-1-3-10(6-9)21(24)25)19-18-12-11(22(26)27)13(17-7-16-12)20-5-4-15-8-20/h1-8H,(H,19,23)(H,16,17,18). The van der Waals surface area contributed by atoms with E-state index in [9.17, 15) is 25.0 Å². The van der Waals surface area contributed by atoms with E-state index in [0.29, 0.717) is 0 Å². The zero-order chi connectivity index (χ0) is 19.4. The Labute approximate surface area is 150 Å². The highest BCUT2D eigenvalue weighted by molar-refractivity contribution is 5.95. The predicted octanol–water partition coefficient (Wildman–Crippen LogP) is 1.24. The molecule has 0 aliphatic rings. The summed E-state index contributed by atoms with van der Waals surface area (Å²) >= 11 is 0. The Morgan fingerprint density at radius 1 is 1.15 bits per heavy atom. The number of aromatic nitrogens is 4. The highest BCUT2D eigenvalue weighted by Gasteiger charge is 2.24. The first-order valence-corrected chi connectivity index (χ1v) is 7.26. The Hall–Kier alpha value is -4.42. The fourth-order valence-corrected chi connectivity index (χ4v) is 2.15. The summed E-state index contributed by atoms with van der Waals surface area (Å²) in [6, 6.07) is 5.01. The first-order valence-electron chi connectivity index (χ1n) is 7.26. The third-order valence-corrected chi connectivity index (χ3v) is 3.35. The molecule has 0 unspecified atom stereocenters. The molecule has 0 atom stereocenters. The molecule has 0 bridgehead atoms. The number of anilines is 1. The van der Waals surface area contributed by atoms with Gasteiger partial charge in [-0.15, -0.1) is 0 Å². The predicted molar refractivity (Wildman–Crippen MR) is 90.0 cm³/mol. The summed E-state index contributed by atoms with van der Waals surface area (Å²) in [5, 5.41) is 22.2. The number of nitro benzene ring substituents is 1. The molecule has 13 nitrogen and oxygen atoms in total. The molecule has 0 fully saturated rings. The monoisotopic (exact) mass is 370 g/mol. The van der Waals surface area contributed by atoms with Crippen molar-refractivity contribution in [3.8, 4) is 5.82 Å². The van der Waals surface area contributed by atoms with E-state index in [1.54, 1.807) is 0 Å². The minimum Gasteiger partial charge on any atom is -0.285 e. The van der Waals surface area contributed by atoms with Gasteiger partial charge in [0.15, 0.2) is 0 Å². The lowest BCUT2D eigenvalue weighted by Crippen LogP contribution is -2.30. The van der Waals surface area contributed by atoms with Crippen molar-refractivity contribution in [2.24, 2.45) is 0 Å². The fourth-order valence-electron chi connectivity index (χ4n) is 2.15. The maximum atomic E-state index is 12.2. The van der Waals surface area contributed by atoms with Crippen LogP contribution in [0.15, 0.2) is 49.3 Å². The number of nitrogens with one attached hydrogen (secondary N) is 2. The van der Waals surface area contributed by atoms with Crippen molar-refractivity contribution < 1.29 is 14.6 Å². The molecule has 0 saturated heterocycles. The third kappa shape index (κ3) is 3.65. The molecule has 0 aliphatic heterocycles. The summed E-state index contributed by atoms with van der Waals surface area (Å²) < 4.78 is 1.31. The molecule has 13 heteroatoms. The molecule has 1 aromatic carbocycles. The van der Waals surface area contributed by atoms with Gasteiger partial charge in [-0.3, -0.25) is 40.4 Å². The molecule has 2 heterocycles. The summed E-state index contributed by atoms with van der Waals surface area (Å²) in [5.41, 5.74) is 3.80. The van der Waals surface area contributed by atoms with Crippen LogP contribution in [0.1, 0.15) is 10.4 Å². The summed E-state index contributed by atoms with van der Waals surface area (Å²) in [4.78, 5) is 44.5. The normalized spacial score (nSPS) is 10.2. The number of non-ortho nitro benzene ring substituents is 1. The number of nitro groups is 2. The average Bonchev–Trinajstić information content (AvgIpc) is 3.20. The Morgan fingerprint density at radius 2 is 1.96 bits per heavy atom. The van der Waals surface area contributed by atoms with Crippen molar-refractivity contribution in [1.82, 2.24) is 24.9 Å². The molecule has 27 heavy (non-hydrogen) atoms. The molecule has 0 spiro atoms. The van der Waals surface area contributed by atoms with Gasteiger partial charge >= 0.3 is 5.69 Å². The van der Waals surface area contributed by atoms with Crippen LogP contribution < -0.4 is 10.9 Å². The molecular weight excluding hydrogens is 360 g/mol. The Kier molecular flexibility index (Phi) is 4.65. The SMILES string of the molecule is O=C(NNc1ncnc(-n2ccnc2)c1[N+](=O)[O-])c1cccc([N+](=O)[O-])c1. The first-order chi connectivity index (χ1) is 13.0. The molecule has 0 aliphatic carbocycles. The smallest absolute Gasteiger partial charge is 0.285 e. The number of nitrogens with zero attached hydrogens (tertiary/aromatic N) is 6. The lowest BCUT2D eigenvalue weighted by molar-refractivity contribution is -0.384. The van der Waals surface area contributed by atoms with E-state index in [2.05, 4.69) is 25.8 Å². The molecule has 0 saturated carbocycles. The van der Waals surface area contributed by atoms with Gasteiger partial charge in [0.2, 0.25) is 11.6 Å². The summed E-state index contributed by atoms with van der Waals surface area (Å²) in [5.74, 6) is -1.06. The van der Waals surface area contributed by atoms with Crippen LogP contribution in [-0.2, 0) is 0 Å². The van der Waals surface area contributed by atoms with E-state index in [-0.39, 0.29) is 22.9 Å². The lowest BCUT2D eigenvalue weighted by Gasteiger charge is -2.10. The summed E-state index contributed by atoms with van der Waals surface area (Å²) in [6.45, 7) is 0. The Morgan fingerprint density at radius 3 is 2.63 bits per heavy atom. The second-order valence-corrected chi connectivity index (χ2v) is 5.01. The summed E-state index contributed by atoms with van der Waals surface area (Å²) in [6.07, 6.45) is 5.27. The number of rotatable bonds is 6. The first kappa shape index (κ1) is 17.4. The fraction of sp³-hybridized carbons (Fsp3) is 0. The van der Waals surface area contributed by atoms with Gasteiger partial charge in [-0.25, -0.2) is 15.0 Å². The zero-order valence-electron chi connectivity index (χ0n) is 13.3. The van der Waals surface area contributed by atoms with E-state index in [4.69, 9.17) is 0 Å². The van der Waals surface area contributed by atoms with Gasteiger partial charge in [0.25, 0.3) is 11.6 Å². The molecule has 3 rings (SSSR count). The highest BCUT2D eigenvalue weighted by atomic mass is 16.6. The molecular formula is C14H10N8O5. The van der Waals surface area contributed by atoms with Crippen LogP contribution in [0, 0.1) is 20.2 Å². The summed E-state index contributed by atoms with van der Waals surface area (Å²) in [7, 11) is 0. The van der Waals surface area contributed by atoms with Gasteiger partial charge < -0.3 is 0 Å². The molecule has 3 aromatic rings. The van der Waals surface area contributed by atoms with E-state index in [0.717, 1.165) is 12.4 Å². The van der Waals surface area contributed by atoms with Crippen LogP contribution in [0.25, 0.3) is 5.82 Å². The van der Waals surface area contributed by atoms with Gasteiger partial charge in [-0.05, 0) is 6.07 Å². The van der Waals surface area contributed by atoms with Crippen molar-refractivity contribution in [2.45, 2.75) is 0 Å². The van der Waals surface area contributed by atoms with Gasteiger partial charge in [-0.1, -0.05) is 6.07 Å². The van der Waals surface area contributed by atoms with Gasteiger partial charge in [0.05, 0.1) is 9.85 Å². The highest BCUT2D eigenvalue weighted by Crippen LogP contribution is 2.27. The van der Waals surface area contributed by atoms with E-state index in [1.165, 1.54) is 41.5 Å². The number of hydrazine groups is 1. The number of hydrogen-bond donors (Lipinski definition) is 2. The van der Waals surface area contributed by atoms with Crippen LogP contribution in [-0.4, -0.2) is 35.3 Å². The topological polar surface area (TPSA) is 171 Å². The van der Waals surface area contributed by atoms with E-state index < -0.39 is 21.4 Å². The number of carbonyl (C=O) groups excluding carboxylic acids is 1. The van der Waals surface area contributed by atoms with Crippen LogP contribution in [0.3, 0.4) is 0 Å². The lowest BCUT2D eigenvalue weighted by atomic mass is 10.2. The van der Waals surface area contributed by atoms with Gasteiger partial charge in [-0.2, -0.15) is 0 Å². The number of carbonyl (C=O) groups is 1. The molecule has 2 aromatic heterocycles. The Balaban J connectivity index is 1.85. The van der Waals surface area contributed by atoms with Gasteiger partial charge in [0, 0.05) is 30.1 Å². The second kappa shape index (κ2) is 7.22. The molecule has 1 amide bonds. The Bertz CT molecular complexity index is 1020. The molecule has 136 valence electrons. The van der Waals surface area contributed by atoms with Crippen molar-refractivity contribution in [3.63, 3.8) is 0 Å². The third-order valence-electron chi connectivity index (χ3n) is 3.35. The molecule has 0 radical (unpaired) electrons. The second-order valence-electron chi connectivity index (χ2n) is 5.01. The van der Waals surface area contributed by atoms with Crippen molar-refractivity contribution in [3.05, 3.63) is 75.1 Å². The maximum absolute atomic E-state index is 12.2.